The van der Waals surface area contributed by atoms with Crippen molar-refractivity contribution in [3.63, 3.8) is 0 Å². The minimum atomic E-state index is -4.81. The van der Waals surface area contributed by atoms with E-state index in [1.165, 1.54) is 36.4 Å². The molecule has 1 unspecified atom stereocenters. The highest BCUT2D eigenvalue weighted by molar-refractivity contribution is 7.91. The van der Waals surface area contributed by atoms with Crippen LogP contribution in [0.2, 0.25) is 0 Å². The van der Waals surface area contributed by atoms with E-state index in [1.54, 1.807) is 20.8 Å². The quantitative estimate of drug-likeness (QED) is 0.302. The largest absolute Gasteiger partial charge is 0.573 e. The van der Waals surface area contributed by atoms with Gasteiger partial charge >= 0.3 is 6.36 Å². The first-order valence-corrected chi connectivity index (χ1v) is 12.0. The van der Waals surface area contributed by atoms with E-state index in [-0.39, 0.29) is 27.9 Å². The lowest BCUT2D eigenvalue weighted by molar-refractivity contribution is -0.274. The molecule has 0 radical (unpaired) electrons. The number of alkyl halides is 3. The average molecular weight is 519 g/mol. The molecule has 0 spiro atoms. The Morgan fingerprint density at radius 1 is 1.06 bits per heavy atom. The molecule has 1 aliphatic heterocycles. The van der Waals surface area contributed by atoms with Crippen molar-refractivity contribution in [2.45, 2.75) is 56.1 Å². The van der Waals surface area contributed by atoms with Crippen molar-refractivity contribution >= 4 is 16.2 Å². The van der Waals surface area contributed by atoms with Crippen LogP contribution in [0.3, 0.4) is 0 Å². The monoisotopic (exact) mass is 519 g/mol. The zero-order valence-electron chi connectivity index (χ0n) is 18.9. The number of hydroxylamine groups is 2. The maximum Gasteiger partial charge on any atom is 0.573 e. The van der Waals surface area contributed by atoms with Gasteiger partial charge in [0.25, 0.3) is 0 Å². The molecule has 192 valence electrons. The molecular formula is C22H24F3NO8S. The van der Waals surface area contributed by atoms with Crippen molar-refractivity contribution in [3.8, 4) is 17.2 Å². The molecule has 3 atom stereocenters. The third-order valence-electron chi connectivity index (χ3n) is 5.05. The van der Waals surface area contributed by atoms with Gasteiger partial charge in [0.15, 0.2) is 15.6 Å². The van der Waals surface area contributed by atoms with Crippen molar-refractivity contribution in [3.05, 3.63) is 48.5 Å². The van der Waals surface area contributed by atoms with Crippen LogP contribution in [0.25, 0.3) is 0 Å². The Balaban J connectivity index is 1.72. The molecule has 0 bridgehead atoms. The molecule has 2 aromatic carbocycles. The van der Waals surface area contributed by atoms with Crippen LogP contribution in [0.1, 0.15) is 20.8 Å². The first-order valence-electron chi connectivity index (χ1n) is 10.3. The molecule has 13 heteroatoms. The van der Waals surface area contributed by atoms with Gasteiger partial charge < -0.3 is 18.9 Å². The molecule has 3 rings (SSSR count). The van der Waals surface area contributed by atoms with Crippen LogP contribution in [0.15, 0.2) is 53.4 Å². The Morgan fingerprint density at radius 2 is 1.57 bits per heavy atom. The number of carbonyl (C=O) groups is 1. The van der Waals surface area contributed by atoms with Crippen molar-refractivity contribution < 1.29 is 50.5 Å². The number of rotatable bonds is 9. The normalized spacial score (nSPS) is 20.8. The van der Waals surface area contributed by atoms with Gasteiger partial charge in [-0.3, -0.25) is 10.0 Å². The van der Waals surface area contributed by atoms with Crippen molar-refractivity contribution in [2.24, 2.45) is 0 Å². The SMILES string of the molecule is C[C@@H]1OC(C)(C)O[C@H]1C(CS(=O)(=O)c1ccc(Oc2ccc(OC(F)(F)F)cc2)cc1)N(O)C=O. The third-order valence-corrected chi connectivity index (χ3v) is 6.82. The fourth-order valence-electron chi connectivity index (χ4n) is 3.64. The molecular weight excluding hydrogens is 495 g/mol. The summed E-state index contributed by atoms with van der Waals surface area (Å²) in [6, 6.07) is 8.70. The molecule has 9 nitrogen and oxygen atoms in total. The van der Waals surface area contributed by atoms with E-state index < -0.39 is 51.7 Å². The molecule has 1 amide bonds. The first-order chi connectivity index (χ1) is 16.2. The summed E-state index contributed by atoms with van der Waals surface area (Å²) in [7, 11) is -4.00. The zero-order valence-corrected chi connectivity index (χ0v) is 19.7. The van der Waals surface area contributed by atoms with Gasteiger partial charge in [0.2, 0.25) is 6.41 Å². The second kappa shape index (κ2) is 10.0. The number of nitrogens with zero attached hydrogens (tertiary/aromatic N) is 1. The van der Waals surface area contributed by atoms with E-state index in [2.05, 4.69) is 4.74 Å². The lowest BCUT2D eigenvalue weighted by atomic mass is 10.1. The van der Waals surface area contributed by atoms with E-state index in [0.717, 1.165) is 12.1 Å². The highest BCUT2D eigenvalue weighted by Gasteiger charge is 2.46. The molecule has 0 aliphatic carbocycles. The minimum absolute atomic E-state index is 0.101. The predicted octanol–water partition coefficient (Wildman–Crippen LogP) is 3.91. The second-order valence-electron chi connectivity index (χ2n) is 8.23. The lowest BCUT2D eigenvalue weighted by Crippen LogP contribution is -2.49. The number of sulfone groups is 1. The van der Waals surface area contributed by atoms with Gasteiger partial charge in [0, 0.05) is 0 Å². The molecule has 0 aromatic heterocycles. The summed E-state index contributed by atoms with van der Waals surface area (Å²) in [6.45, 7) is 4.91. The number of ether oxygens (including phenoxy) is 4. The summed E-state index contributed by atoms with van der Waals surface area (Å²) >= 11 is 0. The Morgan fingerprint density at radius 3 is 2.03 bits per heavy atom. The summed E-state index contributed by atoms with van der Waals surface area (Å²) in [4.78, 5) is 11.1. The maximum absolute atomic E-state index is 13.0. The number of halogens is 3. The predicted molar refractivity (Wildman–Crippen MR) is 115 cm³/mol. The fraction of sp³-hybridized carbons (Fsp3) is 0.409. The van der Waals surface area contributed by atoms with Gasteiger partial charge in [-0.05, 0) is 69.3 Å². The molecule has 1 fully saturated rings. The molecule has 1 aliphatic rings. The van der Waals surface area contributed by atoms with Gasteiger partial charge in [-0.25, -0.2) is 13.5 Å². The molecule has 1 saturated heterocycles. The van der Waals surface area contributed by atoms with Gasteiger partial charge in [-0.15, -0.1) is 13.2 Å². The van der Waals surface area contributed by atoms with Crippen LogP contribution in [-0.4, -0.2) is 61.3 Å². The van der Waals surface area contributed by atoms with Crippen molar-refractivity contribution in [1.82, 2.24) is 5.06 Å². The first kappa shape index (κ1) is 26.7. The second-order valence-corrected chi connectivity index (χ2v) is 10.3. The number of benzene rings is 2. The summed E-state index contributed by atoms with van der Waals surface area (Å²) < 4.78 is 83.4. The highest BCUT2D eigenvalue weighted by Crippen LogP contribution is 2.32. The summed E-state index contributed by atoms with van der Waals surface area (Å²) in [6.07, 6.45) is -6.21. The molecule has 2 aromatic rings. The number of carbonyl (C=O) groups excluding carboxylic acids is 1. The molecule has 0 saturated carbocycles. The van der Waals surface area contributed by atoms with Gasteiger partial charge in [0.1, 0.15) is 29.4 Å². The van der Waals surface area contributed by atoms with Crippen LogP contribution in [0, 0.1) is 0 Å². The van der Waals surface area contributed by atoms with Crippen LogP contribution >= 0.6 is 0 Å². The maximum atomic E-state index is 13.0. The minimum Gasteiger partial charge on any atom is -0.457 e. The third kappa shape index (κ3) is 7.07. The van der Waals surface area contributed by atoms with Crippen LogP contribution in [-0.2, 0) is 24.1 Å². The summed E-state index contributed by atoms with van der Waals surface area (Å²) in [5.41, 5.74) is 0. The van der Waals surface area contributed by atoms with Crippen molar-refractivity contribution in [1.29, 1.82) is 0 Å². The smallest absolute Gasteiger partial charge is 0.457 e. The van der Waals surface area contributed by atoms with E-state index >= 15 is 0 Å². The van der Waals surface area contributed by atoms with Gasteiger partial charge in [0.05, 0.1) is 16.8 Å². The Labute approximate surface area is 199 Å². The van der Waals surface area contributed by atoms with Gasteiger partial charge in [-0.2, -0.15) is 0 Å². The number of amides is 1. The van der Waals surface area contributed by atoms with E-state index in [4.69, 9.17) is 14.2 Å². The van der Waals surface area contributed by atoms with Gasteiger partial charge in [-0.1, -0.05) is 0 Å². The van der Waals surface area contributed by atoms with E-state index in [0.29, 0.717) is 0 Å². The number of hydrogen-bond acceptors (Lipinski definition) is 8. The Kier molecular flexibility index (Phi) is 7.65. The summed E-state index contributed by atoms with van der Waals surface area (Å²) in [5, 5.41) is 10.3. The van der Waals surface area contributed by atoms with E-state index in [1.807, 2.05) is 0 Å². The van der Waals surface area contributed by atoms with Crippen LogP contribution in [0.4, 0.5) is 13.2 Å². The highest BCUT2D eigenvalue weighted by atomic mass is 32.2. The molecule has 1 heterocycles. The average Bonchev–Trinajstić information content (AvgIpc) is 3.04. The number of hydrogen-bond donors (Lipinski definition) is 1. The Hall–Kier alpha value is -2.87. The van der Waals surface area contributed by atoms with Crippen molar-refractivity contribution in [2.75, 3.05) is 5.75 Å². The molecule has 1 N–H and O–H groups in total. The zero-order chi connectivity index (χ0) is 26.0. The standard InChI is InChI=1S/C22H24F3NO8S/c1-14-20(34-21(2,3)32-14)19(26(28)13-27)12-35(29,30)18-10-8-16(9-11-18)31-15-4-6-17(7-5-15)33-22(23,24)25/h4-11,13-14,19-20,28H,12H2,1-3H3/t14-,19?,20+/m0/s1. The fourth-order valence-corrected chi connectivity index (χ4v) is 5.17. The van der Waals surface area contributed by atoms with Crippen LogP contribution in [0.5, 0.6) is 17.2 Å². The summed E-state index contributed by atoms with van der Waals surface area (Å²) in [5.74, 6) is -1.65. The van der Waals surface area contributed by atoms with Crippen LogP contribution < -0.4 is 9.47 Å². The lowest BCUT2D eigenvalue weighted by Gasteiger charge is -2.29. The van der Waals surface area contributed by atoms with E-state index in [9.17, 15) is 31.6 Å². The topological polar surface area (TPSA) is 112 Å². The Bertz CT molecular complexity index is 1120. The molecule has 35 heavy (non-hydrogen) atoms.